The van der Waals surface area contributed by atoms with E-state index in [1.165, 1.54) is 11.1 Å². The molecule has 0 radical (unpaired) electrons. The zero-order chi connectivity index (χ0) is 14.7. The second-order valence-corrected chi connectivity index (χ2v) is 5.60. The molecule has 0 bridgehead atoms. The van der Waals surface area contributed by atoms with E-state index in [1.807, 2.05) is 41.6 Å². The van der Waals surface area contributed by atoms with E-state index < -0.39 is 0 Å². The van der Waals surface area contributed by atoms with Crippen LogP contribution < -0.4 is 4.57 Å². The van der Waals surface area contributed by atoms with E-state index in [0.29, 0.717) is 6.54 Å². The molecule has 0 unspecified atom stereocenters. The van der Waals surface area contributed by atoms with E-state index in [2.05, 4.69) is 40.9 Å². The minimum atomic E-state index is 0.681. The molecular weight excluding hydrogens is 282 g/mol. The van der Waals surface area contributed by atoms with Crippen molar-refractivity contribution in [3.8, 4) is 0 Å². The molecule has 106 valence electrons. The van der Waals surface area contributed by atoms with Gasteiger partial charge in [-0.1, -0.05) is 59.6 Å². The van der Waals surface area contributed by atoms with Crippen molar-refractivity contribution in [2.45, 2.75) is 20.0 Å². The lowest BCUT2D eigenvalue weighted by Crippen LogP contribution is -2.31. The third-order valence-corrected chi connectivity index (χ3v) is 3.77. The van der Waals surface area contributed by atoms with E-state index >= 15 is 0 Å². The van der Waals surface area contributed by atoms with Crippen molar-refractivity contribution in [3.63, 3.8) is 0 Å². The van der Waals surface area contributed by atoms with Crippen molar-refractivity contribution >= 4 is 11.6 Å². The Hall–Kier alpha value is -2.13. The maximum atomic E-state index is 6.18. The highest BCUT2D eigenvalue weighted by Crippen LogP contribution is 2.15. The van der Waals surface area contributed by atoms with Crippen molar-refractivity contribution < 1.29 is 4.57 Å². The molecule has 0 saturated heterocycles. The minimum Gasteiger partial charge on any atom is -0.233 e. The molecule has 0 fully saturated rings. The van der Waals surface area contributed by atoms with Crippen molar-refractivity contribution in [2.24, 2.45) is 0 Å². The molecule has 0 spiro atoms. The van der Waals surface area contributed by atoms with Crippen molar-refractivity contribution in [1.82, 2.24) is 9.78 Å². The van der Waals surface area contributed by atoms with Gasteiger partial charge in [0.25, 0.3) is 6.33 Å². The Kier molecular flexibility index (Phi) is 4.02. The highest BCUT2D eigenvalue weighted by atomic mass is 35.5. The lowest BCUT2D eigenvalue weighted by Gasteiger charge is -2.00. The minimum absolute atomic E-state index is 0.681. The number of halogens is 1. The standard InChI is InChI=1S/C17H17ClN3/c1-14-6-8-15(9-7-14)10-20-12-19-21(13-20)11-16-4-2-3-5-17(16)18/h2-9,12-13H,10-11H2,1H3/q+1. The molecule has 3 rings (SSSR count). The van der Waals surface area contributed by atoms with Gasteiger partial charge in [0.15, 0.2) is 0 Å². The predicted molar refractivity (Wildman–Crippen MR) is 83.3 cm³/mol. The summed E-state index contributed by atoms with van der Waals surface area (Å²) in [5.74, 6) is 0. The number of aromatic nitrogens is 3. The van der Waals surface area contributed by atoms with Gasteiger partial charge in [-0.05, 0) is 18.6 Å². The monoisotopic (exact) mass is 298 g/mol. The average molecular weight is 299 g/mol. The third kappa shape index (κ3) is 3.50. The number of aryl methyl sites for hydroxylation is 1. The van der Waals surface area contributed by atoms with Gasteiger partial charge in [0.05, 0.1) is 6.54 Å². The summed E-state index contributed by atoms with van der Waals surface area (Å²) in [5, 5.41) is 5.16. The Bertz CT molecular complexity index is 732. The highest BCUT2D eigenvalue weighted by molar-refractivity contribution is 6.31. The van der Waals surface area contributed by atoms with Crippen molar-refractivity contribution in [3.05, 3.63) is 82.9 Å². The summed E-state index contributed by atoms with van der Waals surface area (Å²) >= 11 is 6.18. The first-order valence-electron chi connectivity index (χ1n) is 6.91. The van der Waals surface area contributed by atoms with Crippen LogP contribution >= 0.6 is 11.6 Å². The van der Waals surface area contributed by atoms with Gasteiger partial charge in [-0.2, -0.15) is 0 Å². The number of nitrogens with zero attached hydrogens (tertiary/aromatic N) is 3. The van der Waals surface area contributed by atoms with Crippen molar-refractivity contribution in [2.75, 3.05) is 0 Å². The molecule has 1 heterocycles. The summed E-state index contributed by atoms with van der Waals surface area (Å²) < 4.78 is 3.97. The van der Waals surface area contributed by atoms with Crippen LogP contribution in [0.4, 0.5) is 0 Å². The Labute approximate surface area is 129 Å². The summed E-state index contributed by atoms with van der Waals surface area (Å²) in [4.78, 5) is 0. The zero-order valence-corrected chi connectivity index (χ0v) is 12.7. The summed E-state index contributed by atoms with van der Waals surface area (Å²) in [6.45, 7) is 3.60. The fourth-order valence-electron chi connectivity index (χ4n) is 2.23. The van der Waals surface area contributed by atoms with Gasteiger partial charge in [0.2, 0.25) is 6.33 Å². The fraction of sp³-hybridized carbons (Fsp3) is 0.176. The van der Waals surface area contributed by atoms with Crippen LogP contribution in [0.5, 0.6) is 0 Å². The lowest BCUT2D eigenvalue weighted by molar-refractivity contribution is -0.689. The van der Waals surface area contributed by atoms with Crippen LogP contribution in [-0.4, -0.2) is 9.78 Å². The molecule has 0 atom stereocenters. The normalized spacial score (nSPS) is 10.8. The van der Waals surface area contributed by atoms with E-state index in [4.69, 9.17) is 11.6 Å². The lowest BCUT2D eigenvalue weighted by atomic mass is 10.1. The summed E-state index contributed by atoms with van der Waals surface area (Å²) in [6.07, 6.45) is 3.85. The van der Waals surface area contributed by atoms with Crippen LogP contribution in [0, 0.1) is 6.92 Å². The molecule has 1 aromatic heterocycles. The molecule has 2 aromatic carbocycles. The molecule has 3 nitrogen and oxygen atoms in total. The molecular formula is C17H17ClN3+. The van der Waals surface area contributed by atoms with Gasteiger partial charge in [0.1, 0.15) is 6.54 Å². The molecule has 0 N–H and O–H groups in total. The van der Waals surface area contributed by atoms with Crippen LogP contribution in [0.25, 0.3) is 0 Å². The predicted octanol–water partition coefficient (Wildman–Crippen LogP) is 3.23. The SMILES string of the molecule is Cc1ccc(C[n+]2cnn(Cc3ccccc3Cl)c2)cc1. The van der Waals surface area contributed by atoms with Gasteiger partial charge >= 0.3 is 0 Å². The van der Waals surface area contributed by atoms with Crippen LogP contribution in [0.3, 0.4) is 0 Å². The van der Waals surface area contributed by atoms with Crippen LogP contribution in [0.2, 0.25) is 5.02 Å². The molecule has 21 heavy (non-hydrogen) atoms. The van der Waals surface area contributed by atoms with Gasteiger partial charge in [-0.3, -0.25) is 0 Å². The van der Waals surface area contributed by atoms with Gasteiger partial charge in [-0.25, -0.2) is 4.57 Å². The molecule has 3 aromatic rings. The molecule has 0 amide bonds. The quantitative estimate of drug-likeness (QED) is 0.678. The number of hydrogen-bond donors (Lipinski definition) is 0. The first-order chi connectivity index (χ1) is 10.2. The molecule has 0 saturated carbocycles. The first-order valence-corrected chi connectivity index (χ1v) is 7.29. The largest absolute Gasteiger partial charge is 0.265 e. The smallest absolute Gasteiger partial charge is 0.233 e. The number of hydrogen-bond acceptors (Lipinski definition) is 1. The average Bonchev–Trinajstić information content (AvgIpc) is 2.91. The topological polar surface area (TPSA) is 21.7 Å². The zero-order valence-electron chi connectivity index (χ0n) is 11.9. The maximum absolute atomic E-state index is 6.18. The van der Waals surface area contributed by atoms with Gasteiger partial charge in [-0.15, -0.1) is 4.68 Å². The van der Waals surface area contributed by atoms with Crippen LogP contribution in [-0.2, 0) is 13.1 Å². The Morgan fingerprint density at radius 1 is 1.10 bits per heavy atom. The third-order valence-electron chi connectivity index (χ3n) is 3.41. The summed E-state index contributed by atoms with van der Waals surface area (Å²) in [6, 6.07) is 16.4. The highest BCUT2D eigenvalue weighted by Gasteiger charge is 2.09. The Morgan fingerprint density at radius 3 is 2.62 bits per heavy atom. The van der Waals surface area contributed by atoms with E-state index in [0.717, 1.165) is 17.1 Å². The maximum Gasteiger partial charge on any atom is 0.265 e. The number of benzene rings is 2. The Balaban J connectivity index is 1.72. The van der Waals surface area contributed by atoms with E-state index in [-0.39, 0.29) is 0 Å². The molecule has 0 aliphatic heterocycles. The first kappa shape index (κ1) is 13.8. The van der Waals surface area contributed by atoms with E-state index in [1.54, 1.807) is 0 Å². The number of rotatable bonds is 4. The second-order valence-electron chi connectivity index (χ2n) is 5.19. The van der Waals surface area contributed by atoms with Crippen LogP contribution in [0.1, 0.15) is 16.7 Å². The molecule has 4 heteroatoms. The Morgan fingerprint density at radius 2 is 1.86 bits per heavy atom. The summed E-state index contributed by atoms with van der Waals surface area (Å²) in [5.41, 5.74) is 3.62. The second kappa shape index (κ2) is 6.10. The molecule has 0 aliphatic carbocycles. The fourth-order valence-corrected chi connectivity index (χ4v) is 2.43. The van der Waals surface area contributed by atoms with Gasteiger partial charge in [0, 0.05) is 15.7 Å². The van der Waals surface area contributed by atoms with Gasteiger partial charge < -0.3 is 0 Å². The van der Waals surface area contributed by atoms with Crippen LogP contribution in [0.15, 0.2) is 61.2 Å². The van der Waals surface area contributed by atoms with E-state index in [9.17, 15) is 0 Å². The van der Waals surface area contributed by atoms with Crippen molar-refractivity contribution in [1.29, 1.82) is 0 Å². The summed E-state index contributed by atoms with van der Waals surface area (Å²) in [7, 11) is 0. The molecule has 0 aliphatic rings.